The Morgan fingerprint density at radius 2 is 1.86 bits per heavy atom. The predicted octanol–water partition coefficient (Wildman–Crippen LogP) is 3.49. The Labute approximate surface area is 173 Å². The summed E-state index contributed by atoms with van der Waals surface area (Å²) in [6.45, 7) is 7.11. The second-order valence-corrected chi connectivity index (χ2v) is 8.50. The van der Waals surface area contributed by atoms with Crippen molar-refractivity contribution in [1.29, 1.82) is 0 Å². The van der Waals surface area contributed by atoms with E-state index in [1.807, 2.05) is 50.2 Å². The lowest BCUT2D eigenvalue weighted by Gasteiger charge is -2.28. The van der Waals surface area contributed by atoms with Gasteiger partial charge in [0.15, 0.2) is 0 Å². The summed E-state index contributed by atoms with van der Waals surface area (Å²) in [5, 5.41) is 3.16. The first-order valence-electron chi connectivity index (χ1n) is 10.0. The van der Waals surface area contributed by atoms with E-state index in [4.69, 9.17) is 4.74 Å². The third kappa shape index (κ3) is 5.37. The van der Waals surface area contributed by atoms with Gasteiger partial charge in [-0.2, -0.15) is 0 Å². The molecule has 3 rings (SSSR count). The SMILES string of the molecule is COc1ccc(CN2CC(C(=O)NC(C)(C)Cc3ccccc3C)CC2=O)cc1. The molecule has 0 saturated carbocycles. The molecule has 1 unspecified atom stereocenters. The first-order valence-corrected chi connectivity index (χ1v) is 10.0. The minimum atomic E-state index is -0.379. The molecule has 1 saturated heterocycles. The van der Waals surface area contributed by atoms with E-state index >= 15 is 0 Å². The van der Waals surface area contributed by atoms with E-state index in [0.717, 1.165) is 17.7 Å². The van der Waals surface area contributed by atoms with Crippen LogP contribution in [0.2, 0.25) is 0 Å². The van der Waals surface area contributed by atoms with Gasteiger partial charge in [-0.05, 0) is 56.0 Å². The maximum atomic E-state index is 12.9. The molecule has 1 aliphatic heterocycles. The molecule has 29 heavy (non-hydrogen) atoms. The van der Waals surface area contributed by atoms with Gasteiger partial charge >= 0.3 is 0 Å². The van der Waals surface area contributed by atoms with Crippen LogP contribution >= 0.6 is 0 Å². The molecular formula is C24H30N2O3. The van der Waals surface area contributed by atoms with Crippen molar-refractivity contribution in [2.24, 2.45) is 5.92 Å². The number of amides is 2. The summed E-state index contributed by atoms with van der Waals surface area (Å²) in [7, 11) is 1.63. The van der Waals surface area contributed by atoms with Crippen LogP contribution in [0.25, 0.3) is 0 Å². The van der Waals surface area contributed by atoms with Crippen LogP contribution < -0.4 is 10.1 Å². The largest absolute Gasteiger partial charge is 0.497 e. The molecule has 0 spiro atoms. The Balaban J connectivity index is 1.58. The van der Waals surface area contributed by atoms with Gasteiger partial charge in [-0.15, -0.1) is 0 Å². The van der Waals surface area contributed by atoms with Gasteiger partial charge < -0.3 is 15.0 Å². The molecule has 5 heteroatoms. The Morgan fingerprint density at radius 1 is 1.17 bits per heavy atom. The fourth-order valence-electron chi connectivity index (χ4n) is 3.82. The molecule has 5 nitrogen and oxygen atoms in total. The zero-order chi connectivity index (χ0) is 21.0. The minimum absolute atomic E-state index is 0.0256. The number of nitrogens with zero attached hydrogens (tertiary/aromatic N) is 1. The average Bonchev–Trinajstić information content (AvgIpc) is 3.04. The van der Waals surface area contributed by atoms with E-state index < -0.39 is 0 Å². The maximum Gasteiger partial charge on any atom is 0.225 e. The van der Waals surface area contributed by atoms with Crippen molar-refractivity contribution in [2.45, 2.75) is 45.7 Å². The standard InChI is InChI=1S/C24H30N2O3/c1-17-7-5-6-8-19(17)14-24(2,3)25-23(28)20-13-22(27)26(16-20)15-18-9-11-21(29-4)12-10-18/h5-12,20H,13-16H2,1-4H3,(H,25,28). The fraction of sp³-hybridized carbons (Fsp3) is 0.417. The van der Waals surface area contributed by atoms with E-state index in [0.29, 0.717) is 13.1 Å². The highest BCUT2D eigenvalue weighted by atomic mass is 16.5. The Hall–Kier alpha value is -2.82. The Bertz CT molecular complexity index is 874. The summed E-state index contributed by atoms with van der Waals surface area (Å²) < 4.78 is 5.17. The summed E-state index contributed by atoms with van der Waals surface area (Å²) in [6.07, 6.45) is 1.02. The second-order valence-electron chi connectivity index (χ2n) is 8.50. The lowest BCUT2D eigenvalue weighted by molar-refractivity contribution is -0.129. The van der Waals surface area contributed by atoms with Crippen molar-refractivity contribution in [3.8, 4) is 5.75 Å². The highest BCUT2D eigenvalue weighted by molar-refractivity contribution is 5.89. The number of methoxy groups -OCH3 is 1. The number of ether oxygens (including phenoxy) is 1. The monoisotopic (exact) mass is 394 g/mol. The summed E-state index contributed by atoms with van der Waals surface area (Å²) >= 11 is 0. The molecule has 2 aromatic rings. The molecule has 1 fully saturated rings. The highest BCUT2D eigenvalue weighted by Gasteiger charge is 2.36. The highest BCUT2D eigenvalue weighted by Crippen LogP contribution is 2.23. The van der Waals surface area contributed by atoms with Crippen molar-refractivity contribution < 1.29 is 14.3 Å². The lowest BCUT2D eigenvalue weighted by Crippen LogP contribution is -2.48. The van der Waals surface area contributed by atoms with Crippen molar-refractivity contribution in [2.75, 3.05) is 13.7 Å². The van der Waals surface area contributed by atoms with Crippen LogP contribution in [0.4, 0.5) is 0 Å². The molecule has 154 valence electrons. The van der Waals surface area contributed by atoms with Crippen LogP contribution in [0.15, 0.2) is 48.5 Å². The first-order chi connectivity index (χ1) is 13.8. The molecule has 1 aliphatic rings. The third-order valence-corrected chi connectivity index (χ3v) is 5.47. The van der Waals surface area contributed by atoms with Gasteiger partial charge in [-0.25, -0.2) is 0 Å². The quantitative estimate of drug-likeness (QED) is 0.782. The van der Waals surface area contributed by atoms with Crippen LogP contribution in [0.3, 0.4) is 0 Å². The number of aryl methyl sites for hydroxylation is 1. The number of hydrogen-bond donors (Lipinski definition) is 1. The molecule has 2 amide bonds. The van der Waals surface area contributed by atoms with Crippen molar-refractivity contribution in [3.63, 3.8) is 0 Å². The van der Waals surface area contributed by atoms with E-state index in [-0.39, 0.29) is 29.7 Å². The van der Waals surface area contributed by atoms with Crippen molar-refractivity contribution in [1.82, 2.24) is 10.2 Å². The number of carbonyl (C=O) groups is 2. The number of carbonyl (C=O) groups excluding carboxylic acids is 2. The van der Waals surface area contributed by atoms with Gasteiger partial charge in [0.25, 0.3) is 0 Å². The number of nitrogens with one attached hydrogen (secondary N) is 1. The number of rotatable bonds is 7. The normalized spacial score (nSPS) is 16.8. The summed E-state index contributed by atoms with van der Waals surface area (Å²) in [4.78, 5) is 27.1. The molecule has 1 atom stereocenters. The molecular weight excluding hydrogens is 364 g/mol. The zero-order valence-corrected chi connectivity index (χ0v) is 17.7. The van der Waals surface area contributed by atoms with E-state index in [9.17, 15) is 9.59 Å². The maximum absolute atomic E-state index is 12.9. The predicted molar refractivity (Wildman–Crippen MR) is 114 cm³/mol. The Morgan fingerprint density at radius 3 is 2.52 bits per heavy atom. The van der Waals surface area contributed by atoms with Crippen LogP contribution in [-0.2, 0) is 22.6 Å². The van der Waals surface area contributed by atoms with Crippen LogP contribution in [0, 0.1) is 12.8 Å². The molecule has 1 N–H and O–H groups in total. The molecule has 2 aromatic carbocycles. The smallest absolute Gasteiger partial charge is 0.225 e. The first kappa shape index (κ1) is 20.9. The van der Waals surface area contributed by atoms with Crippen LogP contribution in [-0.4, -0.2) is 35.9 Å². The molecule has 0 radical (unpaired) electrons. The third-order valence-electron chi connectivity index (χ3n) is 5.47. The number of benzene rings is 2. The van der Waals surface area contributed by atoms with Crippen LogP contribution in [0.5, 0.6) is 5.75 Å². The van der Waals surface area contributed by atoms with E-state index in [2.05, 4.69) is 24.4 Å². The fourth-order valence-corrected chi connectivity index (χ4v) is 3.82. The zero-order valence-electron chi connectivity index (χ0n) is 17.7. The summed E-state index contributed by atoms with van der Waals surface area (Å²) in [6, 6.07) is 15.9. The molecule has 1 heterocycles. The lowest BCUT2D eigenvalue weighted by atomic mass is 9.91. The van der Waals surface area contributed by atoms with Gasteiger partial charge in [0, 0.05) is 25.0 Å². The van der Waals surface area contributed by atoms with Crippen molar-refractivity contribution in [3.05, 3.63) is 65.2 Å². The molecule has 0 aliphatic carbocycles. The van der Waals surface area contributed by atoms with E-state index in [1.165, 1.54) is 11.1 Å². The van der Waals surface area contributed by atoms with Gasteiger partial charge in [0.2, 0.25) is 11.8 Å². The molecule has 0 bridgehead atoms. The van der Waals surface area contributed by atoms with Gasteiger partial charge in [0.1, 0.15) is 5.75 Å². The Kier molecular flexibility index (Phi) is 6.26. The second kappa shape index (κ2) is 8.68. The average molecular weight is 395 g/mol. The number of hydrogen-bond acceptors (Lipinski definition) is 3. The van der Waals surface area contributed by atoms with Crippen LogP contribution in [0.1, 0.15) is 37.0 Å². The van der Waals surface area contributed by atoms with E-state index in [1.54, 1.807) is 12.0 Å². The van der Waals surface area contributed by atoms with Gasteiger partial charge in [-0.3, -0.25) is 9.59 Å². The topological polar surface area (TPSA) is 58.6 Å². The summed E-state index contributed by atoms with van der Waals surface area (Å²) in [5.74, 6) is 0.457. The minimum Gasteiger partial charge on any atom is -0.497 e. The van der Waals surface area contributed by atoms with Gasteiger partial charge in [0.05, 0.1) is 13.0 Å². The molecule has 0 aromatic heterocycles. The van der Waals surface area contributed by atoms with Crippen molar-refractivity contribution >= 4 is 11.8 Å². The van der Waals surface area contributed by atoms with Gasteiger partial charge in [-0.1, -0.05) is 36.4 Å². The number of likely N-dealkylation sites (tertiary alicyclic amines) is 1. The summed E-state index contributed by atoms with van der Waals surface area (Å²) in [5.41, 5.74) is 3.09.